The number of rotatable bonds is 9. The smallest absolute Gasteiger partial charge is 0.0831 e. The fourth-order valence-corrected chi connectivity index (χ4v) is 3.64. The number of aliphatic hydroxyl groups is 1. The molecule has 6 heteroatoms. The Morgan fingerprint density at radius 2 is 1.66 bits per heavy atom. The van der Waals surface area contributed by atoms with E-state index in [2.05, 4.69) is 55.3 Å². The van der Waals surface area contributed by atoms with Crippen molar-refractivity contribution in [1.29, 1.82) is 0 Å². The van der Waals surface area contributed by atoms with Crippen LogP contribution in [0.2, 0.25) is 0 Å². The average Bonchev–Trinajstić information content (AvgIpc) is 2.76. The molecule has 1 heterocycles. The molecule has 0 radical (unpaired) electrons. The fourth-order valence-electron chi connectivity index (χ4n) is 3.64. The summed E-state index contributed by atoms with van der Waals surface area (Å²) in [5, 5.41) is 21.2. The normalized spacial score (nSPS) is 15.0. The van der Waals surface area contributed by atoms with Crippen LogP contribution in [0.4, 0.5) is 11.4 Å². The summed E-state index contributed by atoms with van der Waals surface area (Å²) in [5.41, 5.74) is 11.1. The molecule has 3 rings (SSSR count). The zero-order valence-electron chi connectivity index (χ0n) is 20.4. The lowest BCUT2D eigenvalue weighted by Gasteiger charge is -2.37. The van der Waals surface area contributed by atoms with Crippen LogP contribution in [0.25, 0.3) is 0 Å². The van der Waals surface area contributed by atoms with E-state index < -0.39 is 0 Å². The van der Waals surface area contributed by atoms with Gasteiger partial charge in [0.25, 0.3) is 0 Å². The number of nitrogens with zero attached hydrogens (tertiary/aromatic N) is 1. The van der Waals surface area contributed by atoms with Gasteiger partial charge in [-0.15, -0.1) is 0 Å². The first kappa shape index (κ1) is 26.1. The third-order valence-corrected chi connectivity index (χ3v) is 6.08. The summed E-state index contributed by atoms with van der Waals surface area (Å²) < 4.78 is 0. The molecule has 32 heavy (non-hydrogen) atoms. The van der Waals surface area contributed by atoms with Crippen molar-refractivity contribution >= 4 is 11.4 Å². The lowest BCUT2D eigenvalue weighted by Crippen LogP contribution is -2.48. The molecule has 0 aliphatic carbocycles. The molecule has 0 amide bonds. The van der Waals surface area contributed by atoms with Crippen molar-refractivity contribution in [2.45, 2.75) is 52.0 Å². The Bertz CT molecular complexity index is 815. The van der Waals surface area contributed by atoms with Crippen molar-refractivity contribution in [2.75, 3.05) is 44.0 Å². The van der Waals surface area contributed by atoms with Gasteiger partial charge in [-0.25, -0.2) is 0 Å². The van der Waals surface area contributed by atoms with Gasteiger partial charge >= 0.3 is 0 Å². The zero-order valence-corrected chi connectivity index (χ0v) is 20.4. The second kappa shape index (κ2) is 11.7. The Balaban J connectivity index is 0.000000336. The second-order valence-corrected chi connectivity index (χ2v) is 10.3. The van der Waals surface area contributed by atoms with Crippen molar-refractivity contribution in [3.05, 3.63) is 59.7 Å². The monoisotopic (exact) mass is 442 g/mol. The number of aliphatic hydroxyl groups excluding tert-OH is 1. The molecule has 0 aromatic heterocycles. The number of hydrogen-bond acceptors (Lipinski definition) is 6. The molecule has 0 saturated carbocycles. The molecule has 0 bridgehead atoms. The van der Waals surface area contributed by atoms with Gasteiger partial charge in [0.05, 0.1) is 18.0 Å². The molecule has 1 fully saturated rings. The molecule has 178 valence electrons. The molecule has 0 unspecified atom stereocenters. The van der Waals surface area contributed by atoms with Crippen LogP contribution in [0.1, 0.15) is 45.7 Å². The first-order valence-electron chi connectivity index (χ1n) is 11.5. The Hall–Kier alpha value is -2.12. The van der Waals surface area contributed by atoms with E-state index in [1.807, 2.05) is 19.3 Å². The van der Waals surface area contributed by atoms with Crippen LogP contribution < -0.4 is 16.5 Å². The standard InChI is InChI=1S/C20H34N2O.C6H8N2O/c1-16-12-22(13-16)11-10-17-6-8-18(9-7-17)19(2,3)14-21-20(4,5)15-23;7-5-3-1-2-4-6(5)8-9/h6-9,16,21,23H,10-15H2,1-5H3;1-4,8-9H,7H2. The Morgan fingerprint density at radius 1 is 1.03 bits per heavy atom. The van der Waals surface area contributed by atoms with Gasteiger partial charge in [0.1, 0.15) is 0 Å². The minimum absolute atomic E-state index is 0.0534. The number of hydrogen-bond donors (Lipinski definition) is 5. The van der Waals surface area contributed by atoms with Gasteiger partial charge in [0.2, 0.25) is 0 Å². The Kier molecular flexibility index (Phi) is 9.52. The van der Waals surface area contributed by atoms with Crippen LogP contribution in [-0.4, -0.2) is 53.5 Å². The molecule has 1 saturated heterocycles. The number of para-hydroxylation sites is 2. The summed E-state index contributed by atoms with van der Waals surface area (Å²) in [5.74, 6) is 0.883. The van der Waals surface area contributed by atoms with E-state index in [0.29, 0.717) is 11.4 Å². The largest absolute Gasteiger partial charge is 0.397 e. The Morgan fingerprint density at radius 3 is 2.16 bits per heavy atom. The number of likely N-dealkylation sites (tertiary alicyclic amines) is 1. The number of nitrogens with one attached hydrogen (secondary N) is 2. The SMILES string of the molecule is CC1CN(CCc2ccc(C(C)(C)CNC(C)(C)CO)cc2)C1.Nc1ccccc1NO. The predicted molar refractivity (Wildman–Crippen MR) is 134 cm³/mol. The molecule has 1 aliphatic heterocycles. The lowest BCUT2D eigenvalue weighted by atomic mass is 9.83. The third kappa shape index (κ3) is 8.10. The van der Waals surface area contributed by atoms with E-state index in [1.54, 1.807) is 24.3 Å². The molecule has 6 nitrogen and oxygen atoms in total. The van der Waals surface area contributed by atoms with E-state index in [9.17, 15) is 5.11 Å². The first-order chi connectivity index (χ1) is 15.1. The van der Waals surface area contributed by atoms with E-state index in [-0.39, 0.29) is 17.6 Å². The van der Waals surface area contributed by atoms with Crippen molar-refractivity contribution < 1.29 is 10.3 Å². The van der Waals surface area contributed by atoms with E-state index >= 15 is 0 Å². The van der Waals surface area contributed by atoms with Crippen molar-refractivity contribution in [3.63, 3.8) is 0 Å². The van der Waals surface area contributed by atoms with E-state index in [0.717, 1.165) is 18.9 Å². The summed E-state index contributed by atoms with van der Waals surface area (Å²) in [6, 6.07) is 16.1. The maximum Gasteiger partial charge on any atom is 0.0831 e. The molecule has 0 atom stereocenters. The highest BCUT2D eigenvalue weighted by Crippen LogP contribution is 2.24. The average molecular weight is 443 g/mol. The van der Waals surface area contributed by atoms with Gasteiger partial charge in [-0.3, -0.25) is 10.7 Å². The first-order valence-corrected chi connectivity index (χ1v) is 11.5. The van der Waals surface area contributed by atoms with Crippen LogP contribution in [0, 0.1) is 5.92 Å². The maximum atomic E-state index is 9.38. The third-order valence-electron chi connectivity index (χ3n) is 6.08. The quantitative estimate of drug-likeness (QED) is 0.299. The maximum absolute atomic E-state index is 9.38. The Labute approximate surface area is 193 Å². The topological polar surface area (TPSA) is 93.8 Å². The number of nitrogen functional groups attached to an aromatic ring is 1. The zero-order chi connectivity index (χ0) is 23.8. The highest BCUT2D eigenvalue weighted by molar-refractivity contribution is 5.64. The molecule has 6 N–H and O–H groups in total. The van der Waals surface area contributed by atoms with Gasteiger partial charge in [0, 0.05) is 37.1 Å². The van der Waals surface area contributed by atoms with Gasteiger partial charge in [-0.2, -0.15) is 0 Å². The van der Waals surface area contributed by atoms with Crippen LogP contribution in [0.5, 0.6) is 0 Å². The van der Waals surface area contributed by atoms with Crippen LogP contribution in [0.15, 0.2) is 48.5 Å². The molecular formula is C26H42N4O2. The van der Waals surface area contributed by atoms with E-state index in [4.69, 9.17) is 10.9 Å². The second-order valence-electron chi connectivity index (χ2n) is 10.3. The summed E-state index contributed by atoms with van der Waals surface area (Å²) in [7, 11) is 0. The highest BCUT2D eigenvalue weighted by Gasteiger charge is 2.25. The summed E-state index contributed by atoms with van der Waals surface area (Å²) in [6.07, 6.45) is 1.14. The molecule has 2 aromatic rings. The lowest BCUT2D eigenvalue weighted by molar-refractivity contribution is 0.115. The van der Waals surface area contributed by atoms with Crippen LogP contribution >= 0.6 is 0 Å². The van der Waals surface area contributed by atoms with Crippen LogP contribution in [0.3, 0.4) is 0 Å². The highest BCUT2D eigenvalue weighted by atomic mass is 16.5. The number of anilines is 2. The van der Waals surface area contributed by atoms with Crippen molar-refractivity contribution in [3.8, 4) is 0 Å². The number of benzene rings is 2. The predicted octanol–water partition coefficient (Wildman–Crippen LogP) is 3.89. The van der Waals surface area contributed by atoms with Gasteiger partial charge in [-0.1, -0.05) is 57.2 Å². The summed E-state index contributed by atoms with van der Waals surface area (Å²) >= 11 is 0. The molecule has 2 aromatic carbocycles. The minimum Gasteiger partial charge on any atom is -0.397 e. The van der Waals surface area contributed by atoms with Gasteiger partial charge in [-0.05, 0) is 49.4 Å². The summed E-state index contributed by atoms with van der Waals surface area (Å²) in [4.78, 5) is 2.53. The van der Waals surface area contributed by atoms with Crippen molar-refractivity contribution in [1.82, 2.24) is 10.2 Å². The van der Waals surface area contributed by atoms with Crippen LogP contribution in [-0.2, 0) is 11.8 Å². The van der Waals surface area contributed by atoms with E-state index in [1.165, 1.54) is 30.8 Å². The van der Waals surface area contributed by atoms with Gasteiger partial charge in [0.15, 0.2) is 0 Å². The van der Waals surface area contributed by atoms with Gasteiger partial charge < -0.3 is 21.1 Å². The number of nitrogens with two attached hydrogens (primary N) is 1. The fraction of sp³-hybridized carbons (Fsp3) is 0.538. The minimum atomic E-state index is -0.231. The van der Waals surface area contributed by atoms with Crippen molar-refractivity contribution in [2.24, 2.45) is 5.92 Å². The molecular weight excluding hydrogens is 400 g/mol. The molecule has 1 aliphatic rings. The summed E-state index contributed by atoms with van der Waals surface area (Å²) in [6.45, 7) is 15.6. The molecule has 0 spiro atoms.